The van der Waals surface area contributed by atoms with Gasteiger partial charge in [-0.25, -0.2) is 4.39 Å². The molecule has 2 N–H and O–H groups in total. The molecule has 0 amide bonds. The minimum Gasteiger partial charge on any atom is -0.393 e. The first-order chi connectivity index (χ1) is 9.70. The van der Waals surface area contributed by atoms with Gasteiger partial charge < -0.3 is 10.4 Å². The van der Waals surface area contributed by atoms with Crippen LogP contribution in [0.1, 0.15) is 50.0 Å². The first-order valence-electron chi connectivity index (χ1n) is 7.87. The van der Waals surface area contributed by atoms with E-state index in [9.17, 15) is 9.50 Å². The lowest BCUT2D eigenvalue weighted by Gasteiger charge is -2.38. The van der Waals surface area contributed by atoms with Crippen molar-refractivity contribution in [2.45, 2.75) is 56.6 Å². The molecule has 110 valence electrons. The number of aliphatic hydroxyl groups is 1. The topological polar surface area (TPSA) is 32.3 Å². The second-order valence-corrected chi connectivity index (χ2v) is 6.50. The Morgan fingerprint density at radius 2 is 1.90 bits per heavy atom. The zero-order valence-corrected chi connectivity index (χ0v) is 11.9. The largest absolute Gasteiger partial charge is 0.393 e. The Kier molecular flexibility index (Phi) is 4.37. The van der Waals surface area contributed by atoms with Gasteiger partial charge in [0.15, 0.2) is 0 Å². The van der Waals surface area contributed by atoms with E-state index in [2.05, 4.69) is 5.32 Å². The van der Waals surface area contributed by atoms with Crippen molar-refractivity contribution in [2.75, 3.05) is 6.54 Å². The highest BCUT2D eigenvalue weighted by Gasteiger charge is 2.30. The van der Waals surface area contributed by atoms with Crippen LogP contribution in [0.2, 0.25) is 0 Å². The number of hydrogen-bond acceptors (Lipinski definition) is 2. The fraction of sp³-hybridized carbons (Fsp3) is 0.647. The monoisotopic (exact) mass is 277 g/mol. The third-order valence-electron chi connectivity index (χ3n) is 4.97. The molecule has 0 heterocycles. The van der Waals surface area contributed by atoms with Gasteiger partial charge in [0.05, 0.1) is 6.10 Å². The summed E-state index contributed by atoms with van der Waals surface area (Å²) in [6.07, 6.45) is 6.40. The van der Waals surface area contributed by atoms with Crippen LogP contribution in [-0.2, 0) is 0 Å². The Morgan fingerprint density at radius 3 is 2.60 bits per heavy atom. The van der Waals surface area contributed by atoms with Gasteiger partial charge in [0, 0.05) is 6.04 Å². The molecule has 0 aromatic heterocycles. The Labute approximate surface area is 120 Å². The number of halogens is 1. The molecule has 0 spiro atoms. The van der Waals surface area contributed by atoms with Crippen LogP contribution in [0.15, 0.2) is 24.3 Å². The molecule has 3 heteroatoms. The summed E-state index contributed by atoms with van der Waals surface area (Å²) in [5.41, 5.74) is 1.14. The van der Waals surface area contributed by atoms with Gasteiger partial charge in [-0.3, -0.25) is 0 Å². The van der Waals surface area contributed by atoms with Crippen LogP contribution in [-0.4, -0.2) is 23.8 Å². The number of nitrogens with one attached hydrogen (secondary N) is 1. The highest BCUT2D eigenvalue weighted by molar-refractivity contribution is 5.23. The van der Waals surface area contributed by atoms with Crippen molar-refractivity contribution in [2.24, 2.45) is 5.92 Å². The molecule has 0 radical (unpaired) electrons. The molecule has 2 nitrogen and oxygen atoms in total. The van der Waals surface area contributed by atoms with E-state index in [-0.39, 0.29) is 11.9 Å². The van der Waals surface area contributed by atoms with Gasteiger partial charge in [0.25, 0.3) is 0 Å². The van der Waals surface area contributed by atoms with Crippen molar-refractivity contribution < 1.29 is 9.50 Å². The van der Waals surface area contributed by atoms with E-state index >= 15 is 0 Å². The van der Waals surface area contributed by atoms with Gasteiger partial charge in [0.1, 0.15) is 5.82 Å². The number of hydrogen-bond donors (Lipinski definition) is 2. The molecular weight excluding hydrogens is 253 g/mol. The van der Waals surface area contributed by atoms with Crippen molar-refractivity contribution in [3.8, 4) is 0 Å². The zero-order chi connectivity index (χ0) is 13.9. The summed E-state index contributed by atoms with van der Waals surface area (Å²) < 4.78 is 13.2. The van der Waals surface area contributed by atoms with E-state index in [1.54, 1.807) is 12.1 Å². The Bertz CT molecular complexity index is 436. The van der Waals surface area contributed by atoms with Gasteiger partial charge in [-0.2, -0.15) is 0 Å². The number of benzene rings is 1. The SMILES string of the molecule is OC1CCC(CNC2CC(c3cccc(F)c3)C2)CC1. The summed E-state index contributed by atoms with van der Waals surface area (Å²) >= 11 is 0. The fourth-order valence-corrected chi connectivity index (χ4v) is 3.50. The Hall–Kier alpha value is -0.930. The molecule has 2 saturated carbocycles. The highest BCUT2D eigenvalue weighted by Crippen LogP contribution is 2.37. The maximum Gasteiger partial charge on any atom is 0.123 e. The second kappa shape index (κ2) is 6.23. The average molecular weight is 277 g/mol. The minimum atomic E-state index is -0.125. The van der Waals surface area contributed by atoms with Gasteiger partial charge in [-0.15, -0.1) is 0 Å². The Morgan fingerprint density at radius 1 is 1.15 bits per heavy atom. The predicted octanol–water partition coefficient (Wildman–Crippen LogP) is 3.21. The smallest absolute Gasteiger partial charge is 0.123 e. The number of rotatable bonds is 4. The lowest BCUT2D eigenvalue weighted by Crippen LogP contribution is -2.42. The van der Waals surface area contributed by atoms with Gasteiger partial charge >= 0.3 is 0 Å². The normalized spacial score (nSPS) is 33.7. The van der Waals surface area contributed by atoms with Gasteiger partial charge in [-0.1, -0.05) is 12.1 Å². The third kappa shape index (κ3) is 3.39. The molecule has 0 atom stereocenters. The van der Waals surface area contributed by atoms with Gasteiger partial charge in [-0.05, 0) is 74.6 Å². The van der Waals surface area contributed by atoms with Crippen LogP contribution >= 0.6 is 0 Å². The maximum atomic E-state index is 13.2. The van der Waals surface area contributed by atoms with Crippen molar-refractivity contribution in [3.05, 3.63) is 35.6 Å². The third-order valence-corrected chi connectivity index (χ3v) is 4.97. The predicted molar refractivity (Wildman–Crippen MR) is 78.1 cm³/mol. The molecule has 1 aromatic rings. The molecule has 0 bridgehead atoms. The molecule has 3 rings (SSSR count). The summed E-state index contributed by atoms with van der Waals surface area (Å²) in [6.45, 7) is 1.08. The molecule has 20 heavy (non-hydrogen) atoms. The molecule has 0 aliphatic heterocycles. The van der Waals surface area contributed by atoms with E-state index in [4.69, 9.17) is 0 Å². The average Bonchev–Trinajstić information content (AvgIpc) is 2.39. The zero-order valence-electron chi connectivity index (χ0n) is 11.9. The standard InChI is InChI=1S/C17H24FNO/c18-15-3-1-2-13(8-15)14-9-16(10-14)19-11-12-4-6-17(20)7-5-12/h1-3,8,12,14,16-17,19-20H,4-7,9-11H2. The summed E-state index contributed by atoms with van der Waals surface area (Å²) in [4.78, 5) is 0. The lowest BCUT2D eigenvalue weighted by atomic mass is 9.75. The maximum absolute atomic E-state index is 13.2. The Balaban J connectivity index is 1.38. The van der Waals surface area contributed by atoms with Crippen molar-refractivity contribution >= 4 is 0 Å². The first kappa shape index (κ1) is 14.0. The van der Waals surface area contributed by atoms with E-state index < -0.39 is 0 Å². The molecule has 0 saturated heterocycles. The molecule has 2 aliphatic rings. The molecule has 2 fully saturated rings. The second-order valence-electron chi connectivity index (χ2n) is 6.50. The van der Waals surface area contributed by atoms with Crippen LogP contribution in [0, 0.1) is 11.7 Å². The molecular formula is C17H24FNO. The van der Waals surface area contributed by atoms with E-state index in [1.165, 1.54) is 6.07 Å². The number of aliphatic hydroxyl groups excluding tert-OH is 1. The fourth-order valence-electron chi connectivity index (χ4n) is 3.50. The van der Waals surface area contributed by atoms with Crippen molar-refractivity contribution in [3.63, 3.8) is 0 Å². The van der Waals surface area contributed by atoms with Crippen LogP contribution in [0.4, 0.5) is 4.39 Å². The molecule has 2 aliphatic carbocycles. The van der Waals surface area contributed by atoms with Gasteiger partial charge in [0.2, 0.25) is 0 Å². The quantitative estimate of drug-likeness (QED) is 0.885. The van der Waals surface area contributed by atoms with Crippen LogP contribution < -0.4 is 5.32 Å². The van der Waals surface area contributed by atoms with E-state index in [0.717, 1.165) is 56.6 Å². The molecule has 0 unspecified atom stereocenters. The first-order valence-corrected chi connectivity index (χ1v) is 7.87. The highest BCUT2D eigenvalue weighted by atomic mass is 19.1. The summed E-state index contributed by atoms with van der Waals surface area (Å²) in [7, 11) is 0. The van der Waals surface area contributed by atoms with Crippen LogP contribution in [0.5, 0.6) is 0 Å². The summed E-state index contributed by atoms with van der Waals surface area (Å²) in [5, 5.41) is 13.1. The van der Waals surface area contributed by atoms with E-state index in [0.29, 0.717) is 12.0 Å². The van der Waals surface area contributed by atoms with Crippen LogP contribution in [0.25, 0.3) is 0 Å². The van der Waals surface area contributed by atoms with E-state index in [1.807, 2.05) is 6.07 Å². The lowest BCUT2D eigenvalue weighted by molar-refractivity contribution is 0.106. The van der Waals surface area contributed by atoms with Crippen LogP contribution in [0.3, 0.4) is 0 Å². The molecule has 1 aromatic carbocycles. The minimum absolute atomic E-state index is 0.0627. The van der Waals surface area contributed by atoms with Crippen molar-refractivity contribution in [1.29, 1.82) is 0 Å². The summed E-state index contributed by atoms with van der Waals surface area (Å²) in [5.74, 6) is 1.13. The van der Waals surface area contributed by atoms with Crippen molar-refractivity contribution in [1.82, 2.24) is 5.32 Å². The summed E-state index contributed by atoms with van der Waals surface area (Å²) in [6, 6.07) is 7.61.